The first-order chi connectivity index (χ1) is 9.44. The summed E-state index contributed by atoms with van der Waals surface area (Å²) >= 11 is 6.00. The average molecular weight is 297 g/mol. The van der Waals surface area contributed by atoms with Gasteiger partial charge >= 0.3 is 0 Å². The van der Waals surface area contributed by atoms with E-state index < -0.39 is 5.54 Å². The summed E-state index contributed by atoms with van der Waals surface area (Å²) in [6.07, 6.45) is 1.14. The Hall–Kier alpha value is -1.10. The molecule has 5 heteroatoms. The number of carbonyl (C=O) groups is 1. The number of amides is 1. The van der Waals surface area contributed by atoms with Gasteiger partial charge in [0.05, 0.1) is 11.6 Å². The van der Waals surface area contributed by atoms with E-state index in [0.29, 0.717) is 31.1 Å². The number of nitrogens with zero attached hydrogens (tertiary/aromatic N) is 1. The van der Waals surface area contributed by atoms with E-state index in [4.69, 9.17) is 22.1 Å². The van der Waals surface area contributed by atoms with Gasteiger partial charge in [0.1, 0.15) is 0 Å². The molecule has 1 aromatic carbocycles. The van der Waals surface area contributed by atoms with Gasteiger partial charge in [-0.1, -0.05) is 23.7 Å². The van der Waals surface area contributed by atoms with E-state index in [1.165, 1.54) is 0 Å². The standard InChI is InChI=1S/C15H21ClN2O2/c1-11(12-4-3-5-13(16)10-12)18(2)14(19)15(17)6-8-20-9-7-15/h3-5,10-11H,6-9,17H2,1-2H3. The average Bonchev–Trinajstić information content (AvgIpc) is 2.45. The van der Waals surface area contributed by atoms with Crippen molar-refractivity contribution < 1.29 is 9.53 Å². The van der Waals surface area contributed by atoms with Crippen LogP contribution in [0.1, 0.15) is 31.4 Å². The molecule has 1 amide bonds. The van der Waals surface area contributed by atoms with Crippen molar-refractivity contribution in [2.75, 3.05) is 20.3 Å². The van der Waals surface area contributed by atoms with Crippen molar-refractivity contribution in [3.05, 3.63) is 34.9 Å². The van der Waals surface area contributed by atoms with Crippen LogP contribution in [0.3, 0.4) is 0 Å². The lowest BCUT2D eigenvalue weighted by Gasteiger charge is -2.37. The van der Waals surface area contributed by atoms with Crippen LogP contribution in [0.15, 0.2) is 24.3 Å². The maximum atomic E-state index is 12.6. The Morgan fingerprint density at radius 1 is 1.45 bits per heavy atom. The highest BCUT2D eigenvalue weighted by molar-refractivity contribution is 6.30. The van der Waals surface area contributed by atoms with Crippen LogP contribution in [0.25, 0.3) is 0 Å². The monoisotopic (exact) mass is 296 g/mol. The van der Waals surface area contributed by atoms with Crippen molar-refractivity contribution in [3.63, 3.8) is 0 Å². The summed E-state index contributed by atoms with van der Waals surface area (Å²) < 4.78 is 5.29. The molecule has 4 nitrogen and oxygen atoms in total. The lowest BCUT2D eigenvalue weighted by atomic mass is 9.89. The second kappa shape index (κ2) is 6.12. The predicted molar refractivity (Wildman–Crippen MR) is 79.6 cm³/mol. The summed E-state index contributed by atoms with van der Waals surface area (Å²) in [6, 6.07) is 7.49. The molecule has 1 aliphatic rings. The maximum Gasteiger partial charge on any atom is 0.243 e. The minimum atomic E-state index is -0.806. The second-order valence-corrected chi connectivity index (χ2v) is 5.85. The summed E-state index contributed by atoms with van der Waals surface area (Å²) in [5.74, 6) is -0.0340. The molecule has 1 atom stereocenters. The number of hydrogen-bond acceptors (Lipinski definition) is 3. The summed E-state index contributed by atoms with van der Waals surface area (Å²) in [5.41, 5.74) is 6.45. The molecule has 1 fully saturated rings. The Morgan fingerprint density at radius 2 is 2.10 bits per heavy atom. The van der Waals surface area contributed by atoms with Crippen LogP contribution in [0.5, 0.6) is 0 Å². The number of ether oxygens (including phenoxy) is 1. The topological polar surface area (TPSA) is 55.6 Å². The van der Waals surface area contributed by atoms with Gasteiger partial charge in [0.2, 0.25) is 5.91 Å². The van der Waals surface area contributed by atoms with E-state index in [2.05, 4.69) is 0 Å². The van der Waals surface area contributed by atoms with E-state index in [1.54, 1.807) is 11.9 Å². The third-order valence-corrected chi connectivity index (χ3v) is 4.28. The zero-order chi connectivity index (χ0) is 14.8. The van der Waals surface area contributed by atoms with Gasteiger partial charge in [0.15, 0.2) is 0 Å². The molecule has 0 aliphatic carbocycles. The lowest BCUT2D eigenvalue weighted by Crippen LogP contribution is -2.57. The first kappa shape index (κ1) is 15.3. The lowest BCUT2D eigenvalue weighted by molar-refractivity contribution is -0.141. The molecule has 2 N–H and O–H groups in total. The first-order valence-corrected chi connectivity index (χ1v) is 7.21. The van der Waals surface area contributed by atoms with Crippen molar-refractivity contribution in [2.24, 2.45) is 5.73 Å². The van der Waals surface area contributed by atoms with Gasteiger partial charge < -0.3 is 15.4 Å². The largest absolute Gasteiger partial charge is 0.381 e. The number of hydrogen-bond donors (Lipinski definition) is 1. The third kappa shape index (κ3) is 3.14. The number of benzene rings is 1. The van der Waals surface area contributed by atoms with Crippen LogP contribution in [-0.2, 0) is 9.53 Å². The highest BCUT2D eigenvalue weighted by Gasteiger charge is 2.39. The molecule has 0 aromatic heterocycles. The molecule has 2 rings (SSSR count). The normalized spacial score (nSPS) is 19.4. The summed E-state index contributed by atoms with van der Waals surface area (Å²) in [4.78, 5) is 14.3. The molecule has 0 bridgehead atoms. The second-order valence-electron chi connectivity index (χ2n) is 5.42. The van der Waals surface area contributed by atoms with Gasteiger partial charge in [-0.05, 0) is 37.5 Å². The van der Waals surface area contributed by atoms with Crippen LogP contribution >= 0.6 is 11.6 Å². The van der Waals surface area contributed by atoms with Gasteiger partial charge in [-0.25, -0.2) is 0 Å². The van der Waals surface area contributed by atoms with Crippen molar-refractivity contribution in [1.29, 1.82) is 0 Å². The number of nitrogens with two attached hydrogens (primary N) is 1. The van der Waals surface area contributed by atoms with Crippen molar-refractivity contribution in [2.45, 2.75) is 31.3 Å². The molecule has 20 heavy (non-hydrogen) atoms. The molecular formula is C15H21ClN2O2. The SMILES string of the molecule is CC(c1cccc(Cl)c1)N(C)C(=O)C1(N)CCOCC1. The van der Waals surface area contributed by atoms with E-state index in [0.717, 1.165) is 5.56 Å². The number of carbonyl (C=O) groups excluding carboxylic acids is 1. The number of rotatable bonds is 3. The fraction of sp³-hybridized carbons (Fsp3) is 0.533. The van der Waals surface area contributed by atoms with Crippen molar-refractivity contribution >= 4 is 17.5 Å². The predicted octanol–water partition coefficient (Wildman–Crippen LogP) is 2.37. The van der Waals surface area contributed by atoms with E-state index >= 15 is 0 Å². The Kier molecular flexibility index (Phi) is 4.68. The minimum Gasteiger partial charge on any atom is -0.381 e. The van der Waals surface area contributed by atoms with E-state index in [1.807, 2.05) is 31.2 Å². The minimum absolute atomic E-state index is 0.0340. The van der Waals surface area contributed by atoms with Crippen LogP contribution in [0.4, 0.5) is 0 Å². The highest BCUT2D eigenvalue weighted by atomic mass is 35.5. The Morgan fingerprint density at radius 3 is 2.70 bits per heavy atom. The first-order valence-electron chi connectivity index (χ1n) is 6.83. The van der Waals surface area contributed by atoms with Crippen LogP contribution in [-0.4, -0.2) is 36.6 Å². The van der Waals surface area contributed by atoms with Crippen molar-refractivity contribution in [1.82, 2.24) is 4.90 Å². The quantitative estimate of drug-likeness (QED) is 0.931. The molecule has 1 aromatic rings. The van der Waals surface area contributed by atoms with Gasteiger partial charge in [-0.3, -0.25) is 4.79 Å². The molecule has 0 saturated carbocycles. The third-order valence-electron chi connectivity index (χ3n) is 4.04. The summed E-state index contributed by atoms with van der Waals surface area (Å²) in [7, 11) is 1.79. The fourth-order valence-electron chi connectivity index (χ4n) is 2.47. The zero-order valence-corrected chi connectivity index (χ0v) is 12.7. The number of likely N-dealkylation sites (N-methyl/N-ethyl adjacent to an activating group) is 1. The van der Waals surface area contributed by atoms with Gasteiger partial charge in [-0.15, -0.1) is 0 Å². The Labute approximate surface area is 124 Å². The molecule has 110 valence electrons. The Balaban J connectivity index is 2.13. The Bertz CT molecular complexity index is 487. The zero-order valence-electron chi connectivity index (χ0n) is 11.9. The molecular weight excluding hydrogens is 276 g/mol. The van der Waals surface area contributed by atoms with Crippen LogP contribution in [0.2, 0.25) is 5.02 Å². The van der Waals surface area contributed by atoms with Gasteiger partial charge in [-0.2, -0.15) is 0 Å². The highest BCUT2D eigenvalue weighted by Crippen LogP contribution is 2.27. The van der Waals surface area contributed by atoms with Gasteiger partial charge in [0.25, 0.3) is 0 Å². The van der Waals surface area contributed by atoms with E-state index in [-0.39, 0.29) is 11.9 Å². The molecule has 1 unspecified atom stereocenters. The summed E-state index contributed by atoms with van der Waals surface area (Å²) in [5, 5.41) is 0.670. The van der Waals surface area contributed by atoms with E-state index in [9.17, 15) is 4.79 Å². The van der Waals surface area contributed by atoms with Crippen molar-refractivity contribution in [3.8, 4) is 0 Å². The smallest absolute Gasteiger partial charge is 0.243 e. The molecule has 0 radical (unpaired) electrons. The molecule has 1 saturated heterocycles. The van der Waals surface area contributed by atoms with Gasteiger partial charge in [0, 0.05) is 25.3 Å². The summed E-state index contributed by atoms with van der Waals surface area (Å²) in [6.45, 7) is 3.06. The van der Waals surface area contributed by atoms with Crippen LogP contribution in [0, 0.1) is 0 Å². The molecule has 1 heterocycles. The fourth-order valence-corrected chi connectivity index (χ4v) is 2.67. The van der Waals surface area contributed by atoms with Crippen LogP contribution < -0.4 is 5.73 Å². The molecule has 1 aliphatic heterocycles. The maximum absolute atomic E-state index is 12.6. The number of halogens is 1. The molecule has 0 spiro atoms.